The topological polar surface area (TPSA) is 49.6 Å². The molecule has 1 atom stereocenters. The van der Waals surface area contributed by atoms with Crippen LogP contribution in [0.4, 0.5) is 17.1 Å². The van der Waals surface area contributed by atoms with Crippen molar-refractivity contribution in [1.82, 2.24) is 4.57 Å². The summed E-state index contributed by atoms with van der Waals surface area (Å²) in [6, 6.07) is 65.5. The van der Waals surface area contributed by atoms with Gasteiger partial charge in [0.1, 0.15) is 6.17 Å². The van der Waals surface area contributed by atoms with Gasteiger partial charge in [-0.25, -0.2) is 4.99 Å². The number of hydrogen-bond donors (Lipinski definition) is 1. The van der Waals surface area contributed by atoms with Crippen molar-refractivity contribution in [3.63, 3.8) is 0 Å². The Hall–Kier alpha value is -6.94. The third kappa shape index (κ3) is 4.38. The van der Waals surface area contributed by atoms with Gasteiger partial charge in [0.05, 0.1) is 28.1 Å². The predicted octanol–water partition coefficient (Wildman–Crippen LogP) is 11.4. The van der Waals surface area contributed by atoms with E-state index in [2.05, 4.69) is 203 Å². The second-order valence-corrected chi connectivity index (χ2v) is 17.5. The Morgan fingerprint density at radius 3 is 1.86 bits per heavy atom. The number of rotatable bonds is 3. The highest BCUT2D eigenvalue weighted by Gasteiger charge is 2.40. The lowest BCUT2D eigenvalue weighted by atomic mass is 10.1. The van der Waals surface area contributed by atoms with Gasteiger partial charge in [0.2, 0.25) is 5.96 Å². The van der Waals surface area contributed by atoms with E-state index in [4.69, 9.17) is 4.99 Å². The first kappa shape index (κ1) is 31.4. The van der Waals surface area contributed by atoms with E-state index in [0.717, 1.165) is 98.6 Å². The van der Waals surface area contributed by atoms with E-state index in [-0.39, 0.29) is 6.17 Å². The second kappa shape index (κ2) is 11.8. The molecule has 1 aromatic heterocycles. The van der Waals surface area contributed by atoms with Gasteiger partial charge >= 0.3 is 0 Å². The lowest BCUT2D eigenvalue weighted by Crippen LogP contribution is -2.40. The summed E-state index contributed by atoms with van der Waals surface area (Å²) < 4.78 is 19.1. The summed E-state index contributed by atoms with van der Waals surface area (Å²) in [4.78, 5) is 7.81. The summed E-state index contributed by atoms with van der Waals surface area (Å²) in [7, 11) is -3.50. The van der Waals surface area contributed by atoms with Gasteiger partial charge in [-0.05, 0) is 69.4 Å². The van der Waals surface area contributed by atoms with Crippen molar-refractivity contribution in [3.8, 4) is 0 Å². The van der Waals surface area contributed by atoms with Crippen molar-refractivity contribution >= 4 is 100 Å². The summed E-state index contributed by atoms with van der Waals surface area (Å²) in [6.45, 7) is 0. The molecule has 5 nitrogen and oxygen atoms in total. The van der Waals surface area contributed by atoms with E-state index >= 15 is 4.57 Å². The molecule has 56 heavy (non-hydrogen) atoms. The lowest BCUT2D eigenvalue weighted by Gasteiger charge is -2.33. The molecule has 264 valence electrons. The maximum atomic E-state index is 16.8. The van der Waals surface area contributed by atoms with E-state index in [9.17, 15) is 0 Å². The van der Waals surface area contributed by atoms with Gasteiger partial charge in [-0.1, -0.05) is 146 Å². The normalized spacial score (nSPS) is 14.9. The molecule has 2 aliphatic heterocycles. The fourth-order valence-corrected chi connectivity index (χ4v) is 12.1. The van der Waals surface area contributed by atoms with Crippen molar-refractivity contribution < 1.29 is 4.57 Å². The van der Waals surface area contributed by atoms with Crippen LogP contribution in [-0.4, -0.2) is 10.5 Å². The van der Waals surface area contributed by atoms with Gasteiger partial charge < -0.3 is 9.88 Å². The fourth-order valence-electron chi connectivity index (χ4n) is 9.18. The van der Waals surface area contributed by atoms with E-state index in [0.29, 0.717) is 0 Å². The first-order valence-corrected chi connectivity index (χ1v) is 20.7. The average Bonchev–Trinajstić information content (AvgIpc) is 3.82. The van der Waals surface area contributed by atoms with Crippen molar-refractivity contribution in [3.05, 3.63) is 194 Å². The molecule has 0 amide bonds. The molecule has 9 aromatic carbocycles. The monoisotopic (exact) mass is 736 g/mol. The molecule has 1 N–H and O–H groups in total. The van der Waals surface area contributed by atoms with Crippen molar-refractivity contribution in [2.24, 2.45) is 4.99 Å². The van der Waals surface area contributed by atoms with Crippen LogP contribution in [-0.2, 0) is 4.57 Å². The molecule has 0 radical (unpaired) electrons. The zero-order valence-electron chi connectivity index (χ0n) is 30.2. The van der Waals surface area contributed by atoms with Gasteiger partial charge in [0.25, 0.3) is 0 Å². The van der Waals surface area contributed by atoms with Crippen molar-refractivity contribution in [2.75, 3.05) is 10.2 Å². The number of nitrogens with zero attached hydrogens (tertiary/aromatic N) is 3. The summed E-state index contributed by atoms with van der Waals surface area (Å²) >= 11 is 0. The Balaban J connectivity index is 1.20. The number of aliphatic imine (C=N–C) groups is 1. The van der Waals surface area contributed by atoms with E-state index in [1.807, 2.05) is 0 Å². The summed E-state index contributed by atoms with van der Waals surface area (Å²) in [5.74, 6) is 0.822. The number of para-hydroxylation sites is 4. The molecule has 0 saturated carbocycles. The van der Waals surface area contributed by atoms with Crippen LogP contribution in [0.2, 0.25) is 0 Å². The number of anilines is 2. The number of nitrogens with one attached hydrogen (secondary N) is 1. The minimum absolute atomic E-state index is 0.126. The van der Waals surface area contributed by atoms with Crippen LogP contribution in [0.3, 0.4) is 0 Å². The molecule has 6 heteroatoms. The molecule has 0 bridgehead atoms. The van der Waals surface area contributed by atoms with E-state index in [1.54, 1.807) is 0 Å². The summed E-state index contributed by atoms with van der Waals surface area (Å²) in [5.41, 5.74) is 6.30. The van der Waals surface area contributed by atoms with E-state index in [1.165, 1.54) is 0 Å². The molecule has 12 rings (SSSR count). The van der Waals surface area contributed by atoms with Crippen LogP contribution < -0.4 is 26.1 Å². The SMILES string of the molecule is O=P(c1ccc2ccccc2c1)(c1ccc2ccccc2c1)c1cc2c3ccccc3n(C3=Nc4ccccc4C4Nc5ccccc5N34)c2c2ccccc12. The molecule has 0 fully saturated rings. The molecule has 0 saturated heterocycles. The van der Waals surface area contributed by atoms with Crippen molar-refractivity contribution in [2.45, 2.75) is 6.17 Å². The summed E-state index contributed by atoms with van der Waals surface area (Å²) in [6.07, 6.45) is -0.126. The molecule has 10 aromatic rings. The second-order valence-electron chi connectivity index (χ2n) is 14.8. The molecule has 3 heterocycles. The zero-order chi connectivity index (χ0) is 37.0. The van der Waals surface area contributed by atoms with Gasteiger partial charge in [-0.2, -0.15) is 0 Å². The molecule has 2 aliphatic rings. The van der Waals surface area contributed by atoms with Crippen LogP contribution in [0.5, 0.6) is 0 Å². The highest BCUT2D eigenvalue weighted by molar-refractivity contribution is 7.85. The quantitative estimate of drug-likeness (QED) is 0.184. The highest BCUT2D eigenvalue weighted by atomic mass is 31.2. The van der Waals surface area contributed by atoms with Gasteiger partial charge in [0, 0.05) is 37.6 Å². The van der Waals surface area contributed by atoms with E-state index < -0.39 is 7.14 Å². The fraction of sp³-hybridized carbons (Fsp3) is 0.0200. The minimum Gasteiger partial charge on any atom is -0.359 e. The Morgan fingerprint density at radius 2 is 1.11 bits per heavy atom. The van der Waals surface area contributed by atoms with Crippen LogP contribution in [0.25, 0.3) is 54.1 Å². The first-order chi connectivity index (χ1) is 27.6. The number of hydrogen-bond acceptors (Lipinski definition) is 4. The first-order valence-electron chi connectivity index (χ1n) is 19.0. The molecule has 1 unspecified atom stereocenters. The molecular formula is C50H33N4OP. The molecular weight excluding hydrogens is 704 g/mol. The summed E-state index contributed by atoms with van der Waals surface area (Å²) in [5, 5.41) is 14.7. The van der Waals surface area contributed by atoms with Crippen LogP contribution in [0, 0.1) is 0 Å². The van der Waals surface area contributed by atoms with Crippen LogP contribution in [0.15, 0.2) is 193 Å². The number of benzene rings is 9. The number of aromatic nitrogens is 1. The van der Waals surface area contributed by atoms with Gasteiger partial charge in [0.15, 0.2) is 7.14 Å². The maximum Gasteiger partial charge on any atom is 0.217 e. The molecule has 0 aliphatic carbocycles. The minimum atomic E-state index is -3.50. The lowest BCUT2D eigenvalue weighted by molar-refractivity contribution is 0.592. The Labute approximate surface area is 323 Å². The third-order valence-corrected chi connectivity index (χ3v) is 14.8. The standard InChI is InChI=1S/C50H33N4OP/c55-56(36-27-25-32-13-1-3-15-34(32)29-36,37-28-26-33-14-2-4-16-35(33)30-37)47-31-42-38-17-8-11-23-45(38)53(48(42)40-19-6-5-18-39(40)47)50-52-43-21-9-7-20-41(43)49-51-44-22-10-12-24-46(44)54(49)50/h1-31,49,51H. The van der Waals surface area contributed by atoms with Gasteiger partial charge in [-0.3, -0.25) is 9.47 Å². The smallest absolute Gasteiger partial charge is 0.217 e. The Kier molecular flexibility index (Phi) is 6.61. The number of fused-ring (bicyclic) bond motifs is 12. The largest absolute Gasteiger partial charge is 0.359 e. The van der Waals surface area contributed by atoms with Crippen molar-refractivity contribution in [1.29, 1.82) is 0 Å². The van der Waals surface area contributed by atoms with Gasteiger partial charge in [-0.15, -0.1) is 0 Å². The average molecular weight is 737 g/mol. The maximum absolute atomic E-state index is 16.8. The Bertz CT molecular complexity index is 3280. The van der Waals surface area contributed by atoms with Crippen LogP contribution >= 0.6 is 7.14 Å². The highest BCUT2D eigenvalue weighted by Crippen LogP contribution is 2.50. The van der Waals surface area contributed by atoms with Crippen LogP contribution in [0.1, 0.15) is 11.7 Å². The molecule has 0 spiro atoms. The Morgan fingerprint density at radius 1 is 0.518 bits per heavy atom. The third-order valence-electron chi connectivity index (χ3n) is 11.8. The zero-order valence-corrected chi connectivity index (χ0v) is 31.1. The predicted molar refractivity (Wildman–Crippen MR) is 236 cm³/mol.